The minimum atomic E-state index is -3.83. The molecule has 5 aromatic rings. The SMILES string of the molecule is CC(C)S(=O)(=O)n1c(N)nc2ccc(-c3nc(-c4c(F)cc(OCCN5CCCC5)cc4F)[nH]c3-c3ccccc3)cc21.CS(=O)(=O)O.CS(=O)(=O)O. The van der Waals surface area contributed by atoms with Crippen molar-refractivity contribution in [1.82, 2.24) is 23.8 Å². The third-order valence-corrected chi connectivity index (χ3v) is 9.74. The normalized spacial score (nSPS) is 13.8. The molecular weight excluding hydrogens is 759 g/mol. The smallest absolute Gasteiger partial charge is 0.261 e. The van der Waals surface area contributed by atoms with Crippen LogP contribution >= 0.6 is 0 Å². The third kappa shape index (κ3) is 11.3. The summed E-state index contributed by atoms with van der Waals surface area (Å²) in [4.78, 5) is 14.2. The van der Waals surface area contributed by atoms with Gasteiger partial charge in [-0.2, -0.15) is 16.8 Å². The predicted octanol–water partition coefficient (Wildman–Crippen LogP) is 4.69. The molecule has 3 heterocycles. The van der Waals surface area contributed by atoms with Crippen molar-refractivity contribution in [3.8, 4) is 39.7 Å². The van der Waals surface area contributed by atoms with E-state index in [1.807, 2.05) is 30.3 Å². The van der Waals surface area contributed by atoms with E-state index < -0.39 is 47.1 Å². The second-order valence-electron chi connectivity index (χ2n) is 12.3. The van der Waals surface area contributed by atoms with Crippen molar-refractivity contribution in [3.63, 3.8) is 0 Å². The fourth-order valence-corrected chi connectivity index (χ4v) is 6.51. The Kier molecular flexibility index (Phi) is 13.0. The van der Waals surface area contributed by atoms with Gasteiger partial charge >= 0.3 is 0 Å². The number of aromatic nitrogens is 4. The van der Waals surface area contributed by atoms with Gasteiger partial charge in [0.25, 0.3) is 20.2 Å². The number of hydrogen-bond acceptors (Lipinski definition) is 11. The van der Waals surface area contributed by atoms with Gasteiger partial charge in [0, 0.05) is 29.8 Å². The number of nitrogens with zero attached hydrogens (tertiary/aromatic N) is 4. The second-order valence-corrected chi connectivity index (χ2v) is 17.6. The number of fused-ring (bicyclic) bond motifs is 1. The maximum atomic E-state index is 15.5. The number of benzene rings is 3. The van der Waals surface area contributed by atoms with Gasteiger partial charge in [-0.3, -0.25) is 14.0 Å². The van der Waals surface area contributed by atoms with Crippen LogP contribution in [0.5, 0.6) is 5.75 Å². The van der Waals surface area contributed by atoms with Crippen molar-refractivity contribution in [3.05, 3.63) is 72.3 Å². The number of imidazole rings is 2. The average molecular weight is 799 g/mol. The Morgan fingerprint density at radius 3 is 1.98 bits per heavy atom. The molecule has 20 heteroatoms. The van der Waals surface area contributed by atoms with Gasteiger partial charge in [0.05, 0.1) is 45.7 Å². The third-order valence-electron chi connectivity index (χ3n) is 7.65. The molecule has 0 aliphatic carbocycles. The molecule has 288 valence electrons. The van der Waals surface area contributed by atoms with E-state index >= 15 is 8.78 Å². The van der Waals surface area contributed by atoms with Crippen LogP contribution in [0.1, 0.15) is 26.7 Å². The highest BCUT2D eigenvalue weighted by atomic mass is 32.2. The summed E-state index contributed by atoms with van der Waals surface area (Å²) in [6, 6.07) is 16.5. The van der Waals surface area contributed by atoms with Gasteiger partial charge < -0.3 is 15.5 Å². The molecule has 1 aliphatic rings. The first-order chi connectivity index (χ1) is 24.6. The molecule has 0 amide bonds. The number of nitrogen functional groups attached to an aromatic ring is 1. The number of rotatable bonds is 9. The molecule has 0 bridgehead atoms. The van der Waals surface area contributed by atoms with E-state index in [-0.39, 0.29) is 28.6 Å². The van der Waals surface area contributed by atoms with E-state index in [9.17, 15) is 25.3 Å². The summed E-state index contributed by atoms with van der Waals surface area (Å²) in [6.45, 7) is 6.16. The van der Waals surface area contributed by atoms with Crippen molar-refractivity contribution in [2.24, 2.45) is 0 Å². The number of likely N-dealkylation sites (tertiary alicyclic amines) is 1. The zero-order chi connectivity index (χ0) is 39.3. The number of nitrogens with one attached hydrogen (secondary N) is 1. The van der Waals surface area contributed by atoms with Crippen LogP contribution in [0.25, 0.3) is 44.9 Å². The molecule has 5 N–H and O–H groups in total. The van der Waals surface area contributed by atoms with Crippen molar-refractivity contribution < 1.29 is 47.9 Å². The molecule has 0 radical (unpaired) electrons. The molecule has 53 heavy (non-hydrogen) atoms. The summed E-state index contributed by atoms with van der Waals surface area (Å²) in [7, 11) is -11.2. The topological polar surface area (TPSA) is 228 Å². The maximum Gasteiger partial charge on any atom is 0.261 e. The van der Waals surface area contributed by atoms with Crippen LogP contribution in [-0.2, 0) is 30.3 Å². The summed E-state index contributed by atoms with van der Waals surface area (Å²) in [5.74, 6) is -1.70. The number of halogens is 2. The molecule has 15 nitrogen and oxygen atoms in total. The van der Waals surface area contributed by atoms with Crippen LogP contribution in [0, 0.1) is 11.6 Å². The highest BCUT2D eigenvalue weighted by molar-refractivity contribution is 7.90. The number of H-pyrrole nitrogens is 1. The maximum absolute atomic E-state index is 15.5. The number of nitrogens with two attached hydrogens (primary N) is 1. The van der Waals surface area contributed by atoms with E-state index in [2.05, 4.69) is 19.9 Å². The summed E-state index contributed by atoms with van der Waals surface area (Å²) < 4.78 is 116. The van der Waals surface area contributed by atoms with E-state index in [1.54, 1.807) is 32.0 Å². The van der Waals surface area contributed by atoms with Crippen LogP contribution in [0.2, 0.25) is 0 Å². The van der Waals surface area contributed by atoms with Crippen LogP contribution < -0.4 is 10.5 Å². The minimum Gasteiger partial charge on any atom is -0.492 e. The van der Waals surface area contributed by atoms with E-state index in [4.69, 9.17) is 19.6 Å². The lowest BCUT2D eigenvalue weighted by Gasteiger charge is -2.15. The van der Waals surface area contributed by atoms with E-state index in [0.29, 0.717) is 48.1 Å². The van der Waals surface area contributed by atoms with Crippen molar-refractivity contribution in [1.29, 1.82) is 0 Å². The fourth-order valence-electron chi connectivity index (χ4n) is 5.37. The molecular formula is C33H40F2N6O9S3. The Morgan fingerprint density at radius 1 is 0.868 bits per heavy atom. The van der Waals surface area contributed by atoms with Gasteiger partial charge in [-0.25, -0.2) is 31.1 Å². The lowest BCUT2D eigenvalue weighted by atomic mass is 10.0. The summed E-state index contributed by atoms with van der Waals surface area (Å²) in [6.07, 6.45) is 3.73. The monoisotopic (exact) mass is 798 g/mol. The quantitative estimate of drug-likeness (QED) is 0.149. The second kappa shape index (κ2) is 16.7. The Morgan fingerprint density at radius 2 is 1.43 bits per heavy atom. The van der Waals surface area contributed by atoms with Crippen molar-refractivity contribution in [2.45, 2.75) is 31.9 Å². The summed E-state index contributed by atoms with van der Waals surface area (Å²) in [5, 5.41) is -0.745. The Bertz CT molecular complexity index is 2330. The Hall–Kier alpha value is -4.47. The van der Waals surface area contributed by atoms with Crippen LogP contribution in [-0.4, -0.2) is 102 Å². The first-order valence-corrected chi connectivity index (χ1v) is 21.2. The summed E-state index contributed by atoms with van der Waals surface area (Å²) in [5.41, 5.74) is 8.49. The first-order valence-electron chi connectivity index (χ1n) is 16.0. The molecule has 6 rings (SSSR count). The highest BCUT2D eigenvalue weighted by Crippen LogP contribution is 2.37. The zero-order valence-corrected chi connectivity index (χ0v) is 31.6. The largest absolute Gasteiger partial charge is 0.492 e. The zero-order valence-electron chi connectivity index (χ0n) is 29.2. The van der Waals surface area contributed by atoms with Crippen molar-refractivity contribution in [2.75, 3.05) is 44.5 Å². The van der Waals surface area contributed by atoms with Crippen LogP contribution in [0.3, 0.4) is 0 Å². The number of anilines is 1. The standard InChI is InChI=1S/C31H32F2N6O3S.2CH4O3S/c1-19(2)43(40,41)39-26-16-21(10-11-25(26)35-31(39)34)29-28(20-8-4-3-5-9-20)36-30(37-29)27-23(32)17-22(18-24(27)33)42-15-14-38-12-6-7-13-38;2*1-5(2,3)4/h3-5,8-11,16-19H,6-7,12-15H2,1-2H3,(H2,34,35)(H,36,37);2*1H3,(H,2,3,4). The summed E-state index contributed by atoms with van der Waals surface area (Å²) >= 11 is 0. The number of ether oxygens (including phenoxy) is 1. The predicted molar refractivity (Wildman–Crippen MR) is 198 cm³/mol. The molecule has 1 saturated heterocycles. The van der Waals surface area contributed by atoms with Crippen molar-refractivity contribution >= 4 is 47.2 Å². The van der Waals surface area contributed by atoms with Crippen LogP contribution in [0.15, 0.2) is 60.7 Å². The van der Waals surface area contributed by atoms with Gasteiger partial charge in [-0.1, -0.05) is 36.4 Å². The first kappa shape index (κ1) is 41.3. The van der Waals surface area contributed by atoms with Gasteiger partial charge in [0.1, 0.15) is 29.8 Å². The highest BCUT2D eigenvalue weighted by Gasteiger charge is 2.26. The van der Waals surface area contributed by atoms with E-state index in [1.165, 1.54) is 0 Å². The van der Waals surface area contributed by atoms with Gasteiger partial charge in [-0.05, 0) is 51.9 Å². The Balaban J connectivity index is 0.000000556. The Labute approximate surface area is 306 Å². The molecule has 1 fully saturated rings. The fraction of sp³-hybridized carbons (Fsp3) is 0.333. The number of aromatic amines is 1. The van der Waals surface area contributed by atoms with Gasteiger partial charge in [0.15, 0.2) is 0 Å². The molecule has 2 aromatic heterocycles. The van der Waals surface area contributed by atoms with Gasteiger partial charge in [0.2, 0.25) is 16.0 Å². The number of hydrogen-bond donors (Lipinski definition) is 4. The minimum absolute atomic E-state index is 0.0182. The van der Waals surface area contributed by atoms with E-state index in [0.717, 1.165) is 47.6 Å². The molecule has 0 spiro atoms. The average Bonchev–Trinajstić information content (AvgIpc) is 3.78. The molecule has 1 aliphatic heterocycles. The molecule has 0 unspecified atom stereocenters. The van der Waals surface area contributed by atoms with Gasteiger partial charge in [-0.15, -0.1) is 0 Å². The lowest BCUT2D eigenvalue weighted by Crippen LogP contribution is -2.25. The molecule has 0 saturated carbocycles. The molecule has 0 atom stereocenters. The lowest BCUT2D eigenvalue weighted by molar-refractivity contribution is 0.236. The molecule has 3 aromatic carbocycles. The van der Waals surface area contributed by atoms with Crippen LogP contribution in [0.4, 0.5) is 14.7 Å².